The lowest BCUT2D eigenvalue weighted by molar-refractivity contribution is -0.274. The van der Waals surface area contributed by atoms with Gasteiger partial charge in [0.05, 0.1) is 83.4 Å². The SMILES string of the molecule is CCC1CC2(CNc3nc(NCc4ccccc4OC(F)(F)F)ncc3C#N)CCC(C2)C1NCCOCCOCCOCCOCCOCCNc1cccc2c1C(=O)N(C(CCC=O)C(=O)NC)C2=O. The Bertz CT molecular complexity index is 2310. The largest absolute Gasteiger partial charge is 0.573 e. The van der Waals surface area contributed by atoms with Crippen LogP contribution in [0.25, 0.3) is 0 Å². The van der Waals surface area contributed by atoms with Crippen molar-refractivity contribution in [3.63, 3.8) is 0 Å². The van der Waals surface area contributed by atoms with Gasteiger partial charge < -0.3 is 59.8 Å². The highest BCUT2D eigenvalue weighted by Gasteiger charge is 2.50. The fraction of sp³-hybridized carbons (Fsp3) is 0.580. The van der Waals surface area contributed by atoms with Crippen molar-refractivity contribution < 1.29 is 60.8 Å². The van der Waals surface area contributed by atoms with Crippen LogP contribution in [0.2, 0.25) is 0 Å². The third-order valence-corrected chi connectivity index (χ3v) is 13.2. The van der Waals surface area contributed by atoms with Crippen LogP contribution < -0.4 is 31.3 Å². The number of likely N-dealkylation sites (N-methyl/N-ethyl adjacent to an activating group) is 1. The normalized spacial score (nSPS) is 19.7. The summed E-state index contributed by atoms with van der Waals surface area (Å²) in [6, 6.07) is 12.2. The maximum absolute atomic E-state index is 13.3. The van der Waals surface area contributed by atoms with Crippen molar-refractivity contribution >= 4 is 41.5 Å². The molecule has 2 aliphatic carbocycles. The van der Waals surface area contributed by atoms with Crippen molar-refractivity contribution in [2.75, 3.05) is 109 Å². The minimum Gasteiger partial charge on any atom is -0.405 e. The lowest BCUT2D eigenvalue weighted by Gasteiger charge is -2.43. The number of imide groups is 1. The van der Waals surface area contributed by atoms with Crippen LogP contribution in [-0.2, 0) is 39.8 Å². The smallest absolute Gasteiger partial charge is 0.405 e. The summed E-state index contributed by atoms with van der Waals surface area (Å²) in [6.45, 7) is 8.12. The van der Waals surface area contributed by atoms with E-state index in [1.807, 2.05) is 0 Å². The van der Waals surface area contributed by atoms with Gasteiger partial charge in [-0.3, -0.25) is 19.3 Å². The van der Waals surface area contributed by atoms with Crippen molar-refractivity contribution in [1.82, 2.24) is 25.5 Å². The number of para-hydroxylation sites is 1. The van der Waals surface area contributed by atoms with Gasteiger partial charge in [-0.05, 0) is 67.6 Å². The van der Waals surface area contributed by atoms with Crippen LogP contribution in [0.3, 0.4) is 0 Å². The number of halogens is 3. The lowest BCUT2D eigenvalue weighted by atomic mass is 9.67. The Morgan fingerprint density at radius 2 is 1.58 bits per heavy atom. The molecule has 3 aromatic rings. The molecule has 2 aromatic carbocycles. The number of hydrogen-bond donors (Lipinski definition) is 5. The molecule has 3 aliphatic rings. The molecule has 0 radical (unpaired) electrons. The molecule has 1 aliphatic heterocycles. The quantitative estimate of drug-likeness (QED) is 0.0295. The second-order valence-corrected chi connectivity index (χ2v) is 17.9. The molecular formula is C50H66F3N9O10. The first-order valence-corrected chi connectivity index (χ1v) is 24.5. The first kappa shape index (κ1) is 55.4. The predicted octanol–water partition coefficient (Wildman–Crippen LogP) is 5.33. The van der Waals surface area contributed by atoms with Crippen LogP contribution >= 0.6 is 0 Å². The van der Waals surface area contributed by atoms with Crippen LogP contribution in [-0.4, -0.2) is 150 Å². The van der Waals surface area contributed by atoms with E-state index in [0.29, 0.717) is 115 Å². The van der Waals surface area contributed by atoms with Crippen LogP contribution in [0.1, 0.15) is 83.7 Å². The number of ether oxygens (including phenoxy) is 6. The van der Waals surface area contributed by atoms with Crippen LogP contribution in [0.15, 0.2) is 48.7 Å². The second-order valence-electron chi connectivity index (χ2n) is 17.9. The van der Waals surface area contributed by atoms with E-state index < -0.39 is 30.1 Å². The monoisotopic (exact) mass is 1010 g/mol. The number of anilines is 3. The maximum atomic E-state index is 13.3. The van der Waals surface area contributed by atoms with E-state index in [1.165, 1.54) is 31.4 Å². The number of nitriles is 1. The van der Waals surface area contributed by atoms with E-state index in [-0.39, 0.29) is 58.8 Å². The van der Waals surface area contributed by atoms with E-state index in [2.05, 4.69) is 54.3 Å². The van der Waals surface area contributed by atoms with Gasteiger partial charge in [-0.2, -0.15) is 10.2 Å². The first-order valence-electron chi connectivity index (χ1n) is 24.5. The minimum absolute atomic E-state index is 0.0103. The molecule has 5 atom stereocenters. The van der Waals surface area contributed by atoms with E-state index in [0.717, 1.165) is 43.5 Å². The van der Waals surface area contributed by atoms with E-state index >= 15 is 0 Å². The number of alkyl halides is 3. The number of rotatable bonds is 33. The van der Waals surface area contributed by atoms with Crippen molar-refractivity contribution in [3.8, 4) is 11.8 Å². The van der Waals surface area contributed by atoms with Crippen LogP contribution in [0.5, 0.6) is 5.75 Å². The van der Waals surface area contributed by atoms with Gasteiger partial charge in [0, 0.05) is 56.9 Å². The zero-order chi connectivity index (χ0) is 51.4. The summed E-state index contributed by atoms with van der Waals surface area (Å²) < 4.78 is 71.3. The predicted molar refractivity (Wildman–Crippen MR) is 258 cm³/mol. The fourth-order valence-corrected chi connectivity index (χ4v) is 9.82. The molecular weight excluding hydrogens is 944 g/mol. The molecule has 19 nitrogen and oxygen atoms in total. The van der Waals surface area contributed by atoms with E-state index in [4.69, 9.17) is 23.7 Å². The number of aldehydes is 1. The van der Waals surface area contributed by atoms with Crippen molar-refractivity contribution in [1.29, 1.82) is 5.26 Å². The molecule has 0 saturated heterocycles. The van der Waals surface area contributed by atoms with Crippen LogP contribution in [0, 0.1) is 28.6 Å². The molecule has 5 unspecified atom stereocenters. The number of benzene rings is 2. The topological polar surface area (TPSA) is 237 Å². The summed E-state index contributed by atoms with van der Waals surface area (Å²) in [5.74, 6) is -0.443. The Hall–Kier alpha value is -5.96. The van der Waals surface area contributed by atoms with Gasteiger partial charge in [-0.1, -0.05) is 37.6 Å². The summed E-state index contributed by atoms with van der Waals surface area (Å²) >= 11 is 0. The van der Waals surface area contributed by atoms with E-state index in [9.17, 15) is 37.6 Å². The molecule has 6 rings (SSSR count). The number of nitrogens with one attached hydrogen (secondary N) is 5. The molecule has 2 fully saturated rings. The lowest BCUT2D eigenvalue weighted by Crippen LogP contribution is -2.48. The third kappa shape index (κ3) is 15.5. The Morgan fingerprint density at radius 1 is 0.903 bits per heavy atom. The summed E-state index contributed by atoms with van der Waals surface area (Å²) in [7, 11) is 1.41. The van der Waals surface area contributed by atoms with Gasteiger partial charge in [-0.15, -0.1) is 13.2 Å². The summed E-state index contributed by atoms with van der Waals surface area (Å²) in [5.41, 5.74) is 1.46. The number of carbonyl (C=O) groups is 4. The molecule has 72 heavy (non-hydrogen) atoms. The average molecular weight is 1010 g/mol. The molecule has 0 spiro atoms. The van der Waals surface area contributed by atoms with Gasteiger partial charge in [0.1, 0.15) is 35.5 Å². The highest BCUT2D eigenvalue weighted by molar-refractivity contribution is 6.25. The standard InChI is InChI=1S/C50H66F3N9O10/c1-3-34-28-49(33-60-44-37(30-54)32-59-48(61-44)58-31-36-8-4-5-12-41(36)72-50(51,52)53)14-13-35(29-49)43(34)57-16-19-68-21-23-70-25-27-71-26-24-69-22-20-67-18-15-56-39-10-6-9-38-42(39)47(66)62(46(38)65)40(11-7-17-63)45(64)55-2/h4-6,8-10,12,17,32,34-35,40,43,56-57H,3,7,11,13-16,18-29,31,33H2,1-2H3,(H,55,64)(H2,58,59,60,61). The Kier molecular flexibility index (Phi) is 21.3. The number of fused-ring (bicyclic) bond motifs is 3. The zero-order valence-corrected chi connectivity index (χ0v) is 40.9. The van der Waals surface area contributed by atoms with Crippen LogP contribution in [0.4, 0.5) is 30.6 Å². The van der Waals surface area contributed by atoms with E-state index in [1.54, 1.807) is 24.3 Å². The Balaban J connectivity index is 0.771. The van der Waals surface area contributed by atoms with Gasteiger partial charge >= 0.3 is 6.36 Å². The fourth-order valence-electron chi connectivity index (χ4n) is 9.82. The number of nitrogens with zero attached hydrogens (tertiary/aromatic N) is 4. The minimum atomic E-state index is -4.82. The van der Waals surface area contributed by atoms with Crippen molar-refractivity contribution in [3.05, 3.63) is 70.9 Å². The first-order chi connectivity index (χ1) is 34.9. The maximum Gasteiger partial charge on any atom is 0.573 e. The molecule has 1 aromatic heterocycles. The van der Waals surface area contributed by atoms with Gasteiger partial charge in [0.15, 0.2) is 0 Å². The summed E-state index contributed by atoms with van der Waals surface area (Å²) in [6.07, 6.45) is 2.56. The van der Waals surface area contributed by atoms with Gasteiger partial charge in [-0.25, -0.2) is 4.98 Å². The zero-order valence-electron chi connectivity index (χ0n) is 40.9. The average Bonchev–Trinajstić information content (AvgIpc) is 3.86. The molecule has 5 N–H and O–H groups in total. The highest BCUT2D eigenvalue weighted by Crippen LogP contribution is 2.54. The Labute approximate surface area is 417 Å². The second kappa shape index (κ2) is 27.8. The highest BCUT2D eigenvalue weighted by atomic mass is 19.4. The molecule has 22 heteroatoms. The Morgan fingerprint density at radius 3 is 2.24 bits per heavy atom. The summed E-state index contributed by atoms with van der Waals surface area (Å²) in [4.78, 5) is 59.6. The molecule has 2 bridgehead atoms. The summed E-state index contributed by atoms with van der Waals surface area (Å²) in [5, 5.41) is 25.6. The number of hydrogen-bond acceptors (Lipinski definition) is 17. The van der Waals surface area contributed by atoms with Crippen molar-refractivity contribution in [2.24, 2.45) is 17.3 Å². The number of amides is 3. The third-order valence-electron chi connectivity index (χ3n) is 13.2. The molecule has 2 heterocycles. The number of carbonyl (C=O) groups excluding carboxylic acids is 4. The molecule has 3 amide bonds. The number of aromatic nitrogens is 2. The van der Waals surface area contributed by atoms with Crippen molar-refractivity contribution in [2.45, 2.75) is 76.9 Å². The van der Waals surface area contributed by atoms with Gasteiger partial charge in [0.2, 0.25) is 11.9 Å². The molecule has 392 valence electrons. The molecule has 2 saturated carbocycles. The van der Waals surface area contributed by atoms with Gasteiger partial charge in [0.25, 0.3) is 11.8 Å².